The summed E-state index contributed by atoms with van der Waals surface area (Å²) in [7, 11) is 1.44. The molecule has 0 bridgehead atoms. The molecule has 134 valence electrons. The van der Waals surface area contributed by atoms with Crippen molar-refractivity contribution in [2.24, 2.45) is 5.41 Å². The van der Waals surface area contributed by atoms with Gasteiger partial charge in [0.05, 0.1) is 24.1 Å². The number of fused-ring (bicyclic) bond motifs is 1. The van der Waals surface area contributed by atoms with Crippen LogP contribution in [0.4, 0.5) is 5.69 Å². The van der Waals surface area contributed by atoms with Crippen LogP contribution in [0.5, 0.6) is 0 Å². The van der Waals surface area contributed by atoms with Gasteiger partial charge in [0.2, 0.25) is 5.91 Å². The quantitative estimate of drug-likeness (QED) is 0.834. The van der Waals surface area contributed by atoms with Crippen LogP contribution in [0.25, 0.3) is 0 Å². The van der Waals surface area contributed by atoms with Crippen molar-refractivity contribution < 1.29 is 14.3 Å². The van der Waals surface area contributed by atoms with E-state index in [1.54, 1.807) is 6.08 Å². The van der Waals surface area contributed by atoms with Gasteiger partial charge in [-0.2, -0.15) is 0 Å². The number of para-hydroxylation sites is 1. The first-order valence-corrected chi connectivity index (χ1v) is 9.26. The van der Waals surface area contributed by atoms with E-state index >= 15 is 0 Å². The third-order valence-corrected chi connectivity index (χ3v) is 6.92. The Morgan fingerprint density at radius 1 is 1.38 bits per heavy atom. The Kier molecular flexibility index (Phi) is 3.01. The highest BCUT2D eigenvalue weighted by atomic mass is 16.5. The summed E-state index contributed by atoms with van der Waals surface area (Å²) in [6, 6.07) is 8.28. The highest BCUT2D eigenvalue weighted by Gasteiger charge is 2.66. The number of anilines is 1. The summed E-state index contributed by atoms with van der Waals surface area (Å²) >= 11 is 0. The number of ether oxygens (including phenoxy) is 1. The van der Waals surface area contributed by atoms with Crippen LogP contribution in [0.1, 0.15) is 31.7 Å². The van der Waals surface area contributed by atoms with Gasteiger partial charge in [0.25, 0.3) is 0 Å². The first-order valence-electron chi connectivity index (χ1n) is 9.26. The van der Waals surface area contributed by atoms with Crippen molar-refractivity contribution >= 4 is 17.6 Å². The molecule has 26 heavy (non-hydrogen) atoms. The van der Waals surface area contributed by atoms with Gasteiger partial charge in [-0.15, -0.1) is 0 Å². The maximum Gasteiger partial charge on any atom is 0.335 e. The normalized spacial score (nSPS) is 33.5. The number of nitrogens with one attached hydrogen (secondary N) is 1. The van der Waals surface area contributed by atoms with Gasteiger partial charge in [0, 0.05) is 23.3 Å². The van der Waals surface area contributed by atoms with Crippen LogP contribution in [0, 0.1) is 5.41 Å². The van der Waals surface area contributed by atoms with Gasteiger partial charge in [-0.1, -0.05) is 31.2 Å². The molecule has 1 saturated heterocycles. The standard InChI is InChI=1S/C21H22N2O3/c1-3-20-9-8-16(24)23-11-10-21(19(20)23)14-6-4-5-7-15(14)22-17(21)13(12-20)18(25)26-2/h4-9,19,22H,3,10-12H2,1-2H3. The van der Waals surface area contributed by atoms with Crippen LogP contribution in [-0.4, -0.2) is 36.5 Å². The molecule has 3 heterocycles. The Morgan fingerprint density at radius 2 is 2.19 bits per heavy atom. The molecule has 5 nitrogen and oxygen atoms in total. The minimum Gasteiger partial charge on any atom is -0.466 e. The van der Waals surface area contributed by atoms with Crippen molar-refractivity contribution in [3.8, 4) is 0 Å². The summed E-state index contributed by atoms with van der Waals surface area (Å²) in [6.07, 6.45) is 6.05. The predicted molar refractivity (Wildman–Crippen MR) is 97.4 cm³/mol. The van der Waals surface area contributed by atoms with Gasteiger partial charge in [-0.3, -0.25) is 4.79 Å². The van der Waals surface area contributed by atoms with E-state index in [0.717, 1.165) is 29.8 Å². The zero-order valence-corrected chi connectivity index (χ0v) is 15.0. The molecule has 1 aromatic rings. The summed E-state index contributed by atoms with van der Waals surface area (Å²) in [5.41, 5.74) is 3.32. The number of benzene rings is 1. The fourth-order valence-electron chi connectivity index (χ4n) is 5.85. The van der Waals surface area contributed by atoms with Crippen molar-refractivity contribution in [3.63, 3.8) is 0 Å². The number of carbonyl (C=O) groups excluding carboxylic acids is 2. The third kappa shape index (κ3) is 1.62. The Labute approximate surface area is 152 Å². The lowest BCUT2D eigenvalue weighted by atomic mass is 9.55. The van der Waals surface area contributed by atoms with Crippen LogP contribution in [0.2, 0.25) is 0 Å². The number of amides is 1. The number of carbonyl (C=O) groups is 2. The maximum absolute atomic E-state index is 12.7. The Morgan fingerprint density at radius 3 is 2.96 bits per heavy atom. The second-order valence-corrected chi connectivity index (χ2v) is 7.77. The second-order valence-electron chi connectivity index (χ2n) is 7.77. The molecule has 0 radical (unpaired) electrons. The lowest BCUT2D eigenvalue weighted by molar-refractivity contribution is -0.137. The molecule has 3 aliphatic heterocycles. The number of nitrogens with zero attached hydrogens (tertiary/aromatic N) is 1. The smallest absolute Gasteiger partial charge is 0.335 e. The Balaban J connectivity index is 1.85. The fourth-order valence-corrected chi connectivity index (χ4v) is 5.85. The van der Waals surface area contributed by atoms with Gasteiger partial charge in [0.1, 0.15) is 0 Å². The first kappa shape index (κ1) is 15.7. The molecule has 1 aliphatic carbocycles. The monoisotopic (exact) mass is 350 g/mol. The van der Waals surface area contributed by atoms with Crippen molar-refractivity contribution in [2.45, 2.75) is 37.6 Å². The molecule has 5 rings (SSSR count). The maximum atomic E-state index is 12.7. The van der Waals surface area contributed by atoms with Crippen molar-refractivity contribution in [1.29, 1.82) is 0 Å². The molecular formula is C21H22N2O3. The van der Waals surface area contributed by atoms with Crippen molar-refractivity contribution in [2.75, 3.05) is 19.0 Å². The molecule has 3 atom stereocenters. The van der Waals surface area contributed by atoms with E-state index in [4.69, 9.17) is 4.74 Å². The number of rotatable bonds is 2. The Hall–Kier alpha value is -2.56. The van der Waals surface area contributed by atoms with Crippen LogP contribution in [0.15, 0.2) is 47.7 Å². The van der Waals surface area contributed by atoms with Gasteiger partial charge >= 0.3 is 5.97 Å². The predicted octanol–water partition coefficient (Wildman–Crippen LogP) is 2.75. The highest BCUT2D eigenvalue weighted by molar-refractivity contribution is 5.95. The summed E-state index contributed by atoms with van der Waals surface area (Å²) in [5, 5.41) is 3.53. The van der Waals surface area contributed by atoms with Crippen LogP contribution < -0.4 is 5.32 Å². The lowest BCUT2D eigenvalue weighted by Crippen LogP contribution is -2.59. The number of hydrogen-bond donors (Lipinski definition) is 1. The van der Waals surface area contributed by atoms with E-state index in [2.05, 4.69) is 30.4 Å². The Bertz CT molecular complexity index is 902. The summed E-state index contributed by atoms with van der Waals surface area (Å²) < 4.78 is 5.15. The first-order chi connectivity index (χ1) is 12.6. The van der Waals surface area contributed by atoms with Crippen LogP contribution >= 0.6 is 0 Å². The molecule has 1 fully saturated rings. The summed E-state index contributed by atoms with van der Waals surface area (Å²) in [5.74, 6) is -0.184. The molecule has 0 aromatic heterocycles. The van der Waals surface area contributed by atoms with E-state index in [9.17, 15) is 9.59 Å². The summed E-state index contributed by atoms with van der Waals surface area (Å²) in [4.78, 5) is 27.4. The van der Waals surface area contributed by atoms with E-state index in [1.807, 2.05) is 17.0 Å². The van der Waals surface area contributed by atoms with E-state index < -0.39 is 0 Å². The second kappa shape index (κ2) is 5.00. The molecule has 1 aromatic carbocycles. The zero-order valence-electron chi connectivity index (χ0n) is 15.0. The molecule has 3 unspecified atom stereocenters. The fraction of sp³-hybridized carbons (Fsp3) is 0.429. The average molecular weight is 350 g/mol. The van der Waals surface area contributed by atoms with Gasteiger partial charge < -0.3 is 15.0 Å². The zero-order chi connectivity index (χ0) is 18.1. The highest BCUT2D eigenvalue weighted by Crippen LogP contribution is 2.64. The molecular weight excluding hydrogens is 328 g/mol. The average Bonchev–Trinajstić information content (AvgIpc) is 3.24. The van der Waals surface area contributed by atoms with Crippen molar-refractivity contribution in [1.82, 2.24) is 4.90 Å². The number of hydrogen-bond acceptors (Lipinski definition) is 4. The molecule has 1 amide bonds. The van der Waals surface area contributed by atoms with E-state index in [0.29, 0.717) is 13.0 Å². The minimum atomic E-state index is -0.352. The topological polar surface area (TPSA) is 58.6 Å². The van der Waals surface area contributed by atoms with Gasteiger partial charge in [-0.25, -0.2) is 4.79 Å². The number of esters is 1. The van der Waals surface area contributed by atoms with E-state index in [-0.39, 0.29) is 28.7 Å². The molecule has 4 aliphatic rings. The van der Waals surface area contributed by atoms with Gasteiger partial charge in [0.15, 0.2) is 0 Å². The number of methoxy groups -OCH3 is 1. The molecule has 1 spiro atoms. The van der Waals surface area contributed by atoms with Gasteiger partial charge in [-0.05, 0) is 37.0 Å². The van der Waals surface area contributed by atoms with Crippen LogP contribution in [-0.2, 0) is 19.7 Å². The molecule has 5 heteroatoms. The molecule has 1 N–H and O–H groups in total. The SMILES string of the molecule is CCC12C=CC(=O)N3CCC4(C(=C(C(=O)OC)C1)Nc1ccccc14)C32. The molecule has 0 saturated carbocycles. The van der Waals surface area contributed by atoms with E-state index in [1.165, 1.54) is 12.7 Å². The largest absolute Gasteiger partial charge is 0.466 e. The minimum absolute atomic E-state index is 0.0389. The van der Waals surface area contributed by atoms with Crippen molar-refractivity contribution in [3.05, 3.63) is 53.3 Å². The lowest BCUT2D eigenvalue weighted by Gasteiger charge is -2.53. The summed E-state index contributed by atoms with van der Waals surface area (Å²) in [6.45, 7) is 2.86. The third-order valence-electron chi connectivity index (χ3n) is 6.92. The van der Waals surface area contributed by atoms with Crippen LogP contribution in [0.3, 0.4) is 0 Å².